The molecule has 2 N–H and O–H groups in total. The van der Waals surface area contributed by atoms with Crippen molar-refractivity contribution in [2.75, 3.05) is 10.6 Å². The molecule has 8 aliphatic carbocycles. The lowest BCUT2D eigenvalue weighted by atomic mass is 9.49. The fourth-order valence-electron chi connectivity index (χ4n) is 11.5. The Hall–Kier alpha value is -2.67. The van der Waals surface area contributed by atoms with E-state index in [1.165, 1.54) is 38.5 Å². The van der Waals surface area contributed by atoms with Crippen LogP contribution < -0.4 is 10.6 Å². The first-order chi connectivity index (χ1) is 19.7. The van der Waals surface area contributed by atoms with Crippen LogP contribution in [0.25, 0.3) is 11.1 Å². The van der Waals surface area contributed by atoms with Gasteiger partial charge in [-0.2, -0.15) is 0 Å². The minimum absolute atomic E-state index is 0.0686. The molecule has 1 heterocycles. The number of carbonyl (C=O) groups excluding carboxylic acids is 2. The minimum atomic E-state index is -3.77. The predicted octanol–water partition coefficient (Wildman–Crippen LogP) is 6.81. The van der Waals surface area contributed by atoms with Gasteiger partial charge in [0.25, 0.3) is 0 Å². The molecule has 214 valence electrons. The van der Waals surface area contributed by atoms with Crippen LogP contribution in [0, 0.1) is 46.3 Å². The summed E-state index contributed by atoms with van der Waals surface area (Å²) in [5, 5.41) is 6.27. The molecular weight excluding hydrogens is 532 g/mol. The molecule has 1 aliphatic heterocycles. The molecule has 2 aromatic carbocycles. The number of benzene rings is 2. The van der Waals surface area contributed by atoms with Gasteiger partial charge in [-0.1, -0.05) is 12.1 Å². The van der Waals surface area contributed by atoms with Crippen molar-refractivity contribution in [3.05, 3.63) is 36.4 Å². The Labute approximate surface area is 242 Å². The number of fused-ring (bicyclic) bond motifs is 3. The number of sulfone groups is 1. The quantitative estimate of drug-likeness (QED) is 0.360. The van der Waals surface area contributed by atoms with Gasteiger partial charge >= 0.3 is 0 Å². The molecule has 0 atom stereocenters. The standard InChI is InChI=1S/C34H38N2O4S/c37-31(33-13-19-5-20(14-33)7-21(6-19)15-33)35-25-1-3-27-28-4-2-26(12-30(28)41(39,40)29(27)11-25)36-32(38)34-16-22-8-23(17-34)10-24(9-22)18-34/h1-4,11-12,19-24H,5-10,13-18H2,(H,35,37)(H,36,38). The number of rotatable bonds is 4. The molecule has 0 aromatic heterocycles. The average molecular weight is 571 g/mol. The van der Waals surface area contributed by atoms with Gasteiger partial charge in [-0.05, 0) is 137 Å². The number of hydrogen-bond donors (Lipinski definition) is 2. The maximum absolute atomic E-state index is 13.8. The Morgan fingerprint density at radius 1 is 0.561 bits per heavy atom. The lowest BCUT2D eigenvalue weighted by Crippen LogP contribution is -2.51. The van der Waals surface area contributed by atoms with Crippen LogP contribution in [0.1, 0.15) is 77.0 Å². The van der Waals surface area contributed by atoms with Gasteiger partial charge in [-0.25, -0.2) is 8.42 Å². The summed E-state index contributed by atoms with van der Waals surface area (Å²) in [6.45, 7) is 0. The molecule has 41 heavy (non-hydrogen) atoms. The lowest BCUT2D eigenvalue weighted by Gasteiger charge is -2.55. The molecule has 0 unspecified atom stereocenters. The van der Waals surface area contributed by atoms with Gasteiger partial charge in [0.1, 0.15) is 0 Å². The van der Waals surface area contributed by atoms with Gasteiger partial charge in [0, 0.05) is 22.5 Å². The fraction of sp³-hybridized carbons (Fsp3) is 0.588. The van der Waals surface area contributed by atoms with Crippen LogP contribution in [0.3, 0.4) is 0 Å². The van der Waals surface area contributed by atoms with E-state index in [4.69, 9.17) is 0 Å². The van der Waals surface area contributed by atoms with Crippen LogP contribution in [0.15, 0.2) is 46.2 Å². The van der Waals surface area contributed by atoms with E-state index in [-0.39, 0.29) is 32.4 Å². The highest BCUT2D eigenvalue weighted by Gasteiger charge is 2.56. The van der Waals surface area contributed by atoms with Crippen molar-refractivity contribution >= 4 is 33.0 Å². The molecule has 6 nitrogen and oxygen atoms in total. The molecule has 8 fully saturated rings. The Bertz CT molecular complexity index is 1440. The molecule has 2 aromatic rings. The van der Waals surface area contributed by atoms with Crippen LogP contribution >= 0.6 is 0 Å². The van der Waals surface area contributed by atoms with E-state index >= 15 is 0 Å². The summed E-state index contributed by atoms with van der Waals surface area (Å²) in [5.41, 5.74) is 1.84. The van der Waals surface area contributed by atoms with E-state index in [9.17, 15) is 18.0 Å². The zero-order valence-electron chi connectivity index (χ0n) is 23.5. The second-order valence-corrected chi connectivity index (χ2v) is 17.1. The van der Waals surface area contributed by atoms with Gasteiger partial charge in [-0.3, -0.25) is 9.59 Å². The first-order valence-corrected chi connectivity index (χ1v) is 17.3. The molecule has 0 saturated heterocycles. The maximum Gasteiger partial charge on any atom is 0.230 e. The third-order valence-corrected chi connectivity index (χ3v) is 14.2. The SMILES string of the molecule is O=C(Nc1ccc2c(c1)S(=O)(=O)c1cc(NC(=O)C34CC5CC(CC(C5)C3)C4)ccc1-2)C12CC3CC(CC(C3)C1)C2. The normalized spacial score (nSPS) is 39.8. The van der Waals surface area contributed by atoms with Crippen molar-refractivity contribution in [1.29, 1.82) is 0 Å². The van der Waals surface area contributed by atoms with Crippen molar-refractivity contribution in [3.63, 3.8) is 0 Å². The largest absolute Gasteiger partial charge is 0.326 e. The van der Waals surface area contributed by atoms with E-state index < -0.39 is 9.84 Å². The van der Waals surface area contributed by atoms with E-state index in [1.807, 2.05) is 24.3 Å². The fourth-order valence-corrected chi connectivity index (χ4v) is 13.2. The van der Waals surface area contributed by atoms with Gasteiger partial charge in [0.05, 0.1) is 20.6 Å². The predicted molar refractivity (Wildman–Crippen MR) is 156 cm³/mol. The van der Waals surface area contributed by atoms with E-state index in [1.54, 1.807) is 12.1 Å². The monoisotopic (exact) mass is 570 g/mol. The molecular formula is C34H38N2O4S. The van der Waals surface area contributed by atoms with Crippen molar-refractivity contribution in [2.24, 2.45) is 46.3 Å². The second kappa shape index (κ2) is 8.24. The van der Waals surface area contributed by atoms with Crippen LogP contribution in [0.5, 0.6) is 0 Å². The smallest absolute Gasteiger partial charge is 0.230 e. The van der Waals surface area contributed by atoms with Gasteiger partial charge in [0.15, 0.2) is 0 Å². The first-order valence-electron chi connectivity index (χ1n) is 15.8. The average Bonchev–Trinajstić information content (AvgIpc) is 3.13. The van der Waals surface area contributed by atoms with E-state index in [2.05, 4.69) is 10.6 Å². The zero-order valence-corrected chi connectivity index (χ0v) is 24.3. The van der Waals surface area contributed by atoms with Gasteiger partial charge in [-0.15, -0.1) is 0 Å². The molecule has 11 rings (SSSR count). The highest BCUT2D eigenvalue weighted by molar-refractivity contribution is 7.92. The van der Waals surface area contributed by atoms with Crippen molar-refractivity contribution in [1.82, 2.24) is 0 Å². The third-order valence-electron chi connectivity index (χ3n) is 12.4. The number of hydrogen-bond acceptors (Lipinski definition) is 4. The summed E-state index contributed by atoms with van der Waals surface area (Å²) in [7, 11) is -3.77. The van der Waals surface area contributed by atoms with E-state index in [0.29, 0.717) is 58.0 Å². The van der Waals surface area contributed by atoms with Crippen LogP contribution in [-0.2, 0) is 19.4 Å². The lowest BCUT2D eigenvalue weighted by molar-refractivity contribution is -0.141. The minimum Gasteiger partial charge on any atom is -0.326 e. The molecule has 7 heteroatoms. The van der Waals surface area contributed by atoms with Crippen LogP contribution in [0.4, 0.5) is 11.4 Å². The van der Waals surface area contributed by atoms with Crippen LogP contribution in [-0.4, -0.2) is 20.2 Å². The van der Waals surface area contributed by atoms with E-state index in [0.717, 1.165) is 38.5 Å². The van der Waals surface area contributed by atoms with Crippen molar-refractivity contribution in [3.8, 4) is 11.1 Å². The Morgan fingerprint density at radius 2 is 0.878 bits per heavy atom. The summed E-state index contributed by atoms with van der Waals surface area (Å²) in [5.74, 6) is 4.13. The highest BCUT2D eigenvalue weighted by atomic mass is 32.2. The van der Waals surface area contributed by atoms with Crippen molar-refractivity contribution in [2.45, 2.75) is 86.8 Å². The Balaban J connectivity index is 0.966. The summed E-state index contributed by atoms with van der Waals surface area (Å²) in [4.78, 5) is 27.7. The maximum atomic E-state index is 13.8. The molecule has 0 radical (unpaired) electrons. The third kappa shape index (κ3) is 3.63. The van der Waals surface area contributed by atoms with Crippen molar-refractivity contribution < 1.29 is 18.0 Å². The Morgan fingerprint density at radius 3 is 1.20 bits per heavy atom. The highest BCUT2D eigenvalue weighted by Crippen LogP contribution is 2.61. The van der Waals surface area contributed by atoms with Gasteiger partial charge < -0.3 is 10.6 Å². The summed E-state index contributed by atoms with van der Waals surface area (Å²) in [6, 6.07) is 10.6. The molecule has 8 saturated carbocycles. The molecule has 2 amide bonds. The second-order valence-electron chi connectivity index (χ2n) is 15.2. The Kier molecular flexibility index (Phi) is 5.00. The van der Waals surface area contributed by atoms with Gasteiger partial charge in [0.2, 0.25) is 21.7 Å². The molecule has 8 bridgehead atoms. The molecule has 0 spiro atoms. The number of anilines is 2. The van der Waals surface area contributed by atoms with Crippen LogP contribution in [0.2, 0.25) is 0 Å². The number of nitrogens with one attached hydrogen (secondary N) is 2. The number of carbonyl (C=O) groups is 2. The summed E-state index contributed by atoms with van der Waals surface area (Å²) < 4.78 is 27.5. The first kappa shape index (κ1) is 24.9. The molecule has 9 aliphatic rings. The zero-order chi connectivity index (χ0) is 27.7. The number of amides is 2. The summed E-state index contributed by atoms with van der Waals surface area (Å²) in [6.07, 6.45) is 13.4. The summed E-state index contributed by atoms with van der Waals surface area (Å²) >= 11 is 0. The topological polar surface area (TPSA) is 92.3 Å².